The van der Waals surface area contributed by atoms with Gasteiger partial charge in [0.15, 0.2) is 16.3 Å². The Morgan fingerprint density at radius 2 is 1.79 bits per heavy atom. The maximum Gasteiger partial charge on any atom is 0.271 e. The van der Waals surface area contributed by atoms with Crippen LogP contribution in [0, 0.1) is 0 Å². The molecule has 0 bridgehead atoms. The first kappa shape index (κ1) is 27.9. The average molecular weight is 670 g/mol. The highest BCUT2D eigenvalue weighted by Crippen LogP contribution is 2.41. The van der Waals surface area contributed by atoms with Crippen LogP contribution in [-0.4, -0.2) is 11.7 Å². The number of thiazole rings is 1. The summed E-state index contributed by atoms with van der Waals surface area (Å²) in [6.07, 6.45) is 3.64. The molecule has 2 aliphatic rings. The Labute approximate surface area is 266 Å². The minimum Gasteiger partial charge on any atom is -0.493 e. The highest BCUT2D eigenvalue weighted by Gasteiger charge is 2.32. The Morgan fingerprint density at radius 1 is 1.02 bits per heavy atom. The third kappa shape index (κ3) is 5.26. The van der Waals surface area contributed by atoms with Crippen LogP contribution in [0.4, 0.5) is 0 Å². The van der Waals surface area contributed by atoms with Crippen molar-refractivity contribution >= 4 is 50.6 Å². The van der Waals surface area contributed by atoms with Crippen molar-refractivity contribution in [1.82, 2.24) is 4.57 Å². The second-order valence-corrected chi connectivity index (χ2v) is 12.8. The van der Waals surface area contributed by atoms with Gasteiger partial charge in [0.2, 0.25) is 0 Å². The summed E-state index contributed by atoms with van der Waals surface area (Å²) in [6.45, 7) is 0.409. The molecule has 0 saturated carbocycles. The van der Waals surface area contributed by atoms with E-state index >= 15 is 0 Å². The molecule has 5 aromatic rings. The number of allylic oxidation sites excluding steroid dienone is 1. The van der Waals surface area contributed by atoms with Crippen LogP contribution in [0.15, 0.2) is 111 Å². The number of benzene rings is 4. The lowest BCUT2D eigenvalue weighted by Crippen LogP contribution is -2.38. The zero-order valence-electron chi connectivity index (χ0n) is 23.2. The van der Waals surface area contributed by atoms with Gasteiger partial charge in [-0.05, 0) is 86.9 Å². The second-order valence-electron chi connectivity index (χ2n) is 10.5. The summed E-state index contributed by atoms with van der Waals surface area (Å²) < 4.78 is 15.0. The lowest BCUT2D eigenvalue weighted by molar-refractivity contribution is 0.282. The number of hydrogen-bond donors (Lipinski definition) is 0. The summed E-state index contributed by atoms with van der Waals surface area (Å²) in [4.78, 5) is 19.9. The molecule has 214 valence electrons. The van der Waals surface area contributed by atoms with Crippen LogP contribution in [0.1, 0.15) is 40.3 Å². The number of rotatable bonds is 6. The molecule has 4 aromatic carbocycles. The van der Waals surface area contributed by atoms with E-state index in [9.17, 15) is 4.79 Å². The molecule has 1 aliphatic carbocycles. The van der Waals surface area contributed by atoms with Crippen molar-refractivity contribution in [3.63, 3.8) is 0 Å². The van der Waals surface area contributed by atoms with Crippen LogP contribution in [0.25, 0.3) is 11.8 Å². The van der Waals surface area contributed by atoms with Gasteiger partial charge in [-0.3, -0.25) is 9.36 Å². The van der Waals surface area contributed by atoms with E-state index in [1.807, 2.05) is 77.4 Å². The topological polar surface area (TPSA) is 52.8 Å². The third-order valence-electron chi connectivity index (χ3n) is 7.83. The molecule has 1 aliphatic heterocycles. The zero-order valence-corrected chi connectivity index (χ0v) is 26.4. The van der Waals surface area contributed by atoms with Crippen LogP contribution in [0.3, 0.4) is 0 Å². The van der Waals surface area contributed by atoms with Crippen molar-refractivity contribution in [2.75, 3.05) is 7.11 Å². The molecule has 0 spiro atoms. The standard InChI is InChI=1S/C35H26BrClN2O3S/c1-41-29-18-22(17-28(36)33(29)42-20-21-7-3-2-4-8-21)19-30-34(40)39-32(24-11-14-25(37)15-12-24)27-16-13-23-9-5-6-10-26(23)31(27)38-35(39)43-30/h2-12,14-15,17-19,32H,13,16,20H2,1H3/b30-19+/t32-/m0/s1. The van der Waals surface area contributed by atoms with E-state index in [4.69, 9.17) is 26.1 Å². The zero-order chi connectivity index (χ0) is 29.5. The maximum absolute atomic E-state index is 14.1. The van der Waals surface area contributed by atoms with Gasteiger partial charge >= 0.3 is 0 Å². The summed E-state index contributed by atoms with van der Waals surface area (Å²) in [5, 5.41) is 0.662. The van der Waals surface area contributed by atoms with E-state index in [1.165, 1.54) is 16.9 Å². The Bertz CT molecular complexity index is 2070. The molecular weight excluding hydrogens is 644 g/mol. The first-order valence-corrected chi connectivity index (χ1v) is 15.9. The van der Waals surface area contributed by atoms with Crippen LogP contribution in [-0.2, 0) is 13.0 Å². The van der Waals surface area contributed by atoms with E-state index in [-0.39, 0.29) is 11.6 Å². The van der Waals surface area contributed by atoms with Gasteiger partial charge in [-0.1, -0.05) is 89.7 Å². The number of hydrogen-bond acceptors (Lipinski definition) is 5. The number of aromatic nitrogens is 1. The lowest BCUT2D eigenvalue weighted by atomic mass is 9.83. The van der Waals surface area contributed by atoms with Crippen molar-refractivity contribution < 1.29 is 9.47 Å². The molecule has 0 N–H and O–H groups in total. The van der Waals surface area contributed by atoms with Crippen LogP contribution in [0.5, 0.6) is 11.5 Å². The predicted octanol–water partition coefficient (Wildman–Crippen LogP) is 7.32. The molecule has 2 heterocycles. The van der Waals surface area contributed by atoms with Gasteiger partial charge in [0.05, 0.1) is 27.9 Å². The van der Waals surface area contributed by atoms with Gasteiger partial charge < -0.3 is 9.47 Å². The van der Waals surface area contributed by atoms with Crippen LogP contribution >= 0.6 is 38.9 Å². The van der Waals surface area contributed by atoms with Crippen molar-refractivity contribution in [1.29, 1.82) is 0 Å². The summed E-state index contributed by atoms with van der Waals surface area (Å²) in [6, 6.07) is 29.8. The minimum atomic E-state index is -0.256. The van der Waals surface area contributed by atoms with Gasteiger partial charge in [0.25, 0.3) is 5.56 Å². The van der Waals surface area contributed by atoms with Crippen molar-refractivity contribution in [2.24, 2.45) is 4.99 Å². The Balaban J connectivity index is 1.34. The minimum absolute atomic E-state index is 0.0754. The molecule has 5 nitrogen and oxygen atoms in total. The van der Waals surface area contributed by atoms with Gasteiger partial charge in [-0.15, -0.1) is 0 Å². The molecular formula is C35H26BrClN2O3S. The first-order valence-electron chi connectivity index (χ1n) is 13.9. The van der Waals surface area contributed by atoms with Gasteiger partial charge in [-0.2, -0.15) is 0 Å². The number of nitrogens with zero attached hydrogens (tertiary/aromatic N) is 2. The van der Waals surface area contributed by atoms with Crippen LogP contribution < -0.4 is 24.4 Å². The predicted molar refractivity (Wildman–Crippen MR) is 176 cm³/mol. The van der Waals surface area contributed by atoms with Gasteiger partial charge in [0, 0.05) is 10.6 Å². The molecule has 0 fully saturated rings. The van der Waals surface area contributed by atoms with E-state index in [2.05, 4.69) is 40.2 Å². The van der Waals surface area contributed by atoms with Crippen molar-refractivity contribution in [2.45, 2.75) is 25.5 Å². The monoisotopic (exact) mass is 668 g/mol. The van der Waals surface area contributed by atoms with Gasteiger partial charge in [-0.25, -0.2) is 4.99 Å². The fourth-order valence-electron chi connectivity index (χ4n) is 5.81. The highest BCUT2D eigenvalue weighted by molar-refractivity contribution is 9.10. The first-order chi connectivity index (χ1) is 21.0. The van der Waals surface area contributed by atoms with E-state index in [0.29, 0.717) is 32.5 Å². The summed E-state index contributed by atoms with van der Waals surface area (Å²) in [5.41, 5.74) is 7.37. The second kappa shape index (κ2) is 11.6. The fraction of sp³-hybridized carbons (Fsp3) is 0.143. The Morgan fingerprint density at radius 3 is 2.58 bits per heavy atom. The molecule has 1 atom stereocenters. The van der Waals surface area contributed by atoms with Crippen LogP contribution in [0.2, 0.25) is 5.02 Å². The molecule has 43 heavy (non-hydrogen) atoms. The van der Waals surface area contributed by atoms with E-state index < -0.39 is 0 Å². The fourth-order valence-corrected chi connectivity index (χ4v) is 7.51. The lowest BCUT2D eigenvalue weighted by Gasteiger charge is -2.30. The molecule has 0 unspecified atom stereocenters. The molecule has 8 heteroatoms. The summed E-state index contributed by atoms with van der Waals surface area (Å²) in [7, 11) is 1.61. The number of ether oxygens (including phenoxy) is 2. The van der Waals surface area contributed by atoms with Crippen molar-refractivity contribution in [3.8, 4) is 11.5 Å². The van der Waals surface area contributed by atoms with E-state index in [1.54, 1.807) is 7.11 Å². The number of fused-ring (bicyclic) bond motifs is 3. The number of methoxy groups -OCH3 is 1. The Kier molecular flexibility index (Phi) is 7.55. The van der Waals surface area contributed by atoms with Crippen molar-refractivity contribution in [3.05, 3.63) is 154 Å². The largest absolute Gasteiger partial charge is 0.493 e. The molecule has 0 saturated heterocycles. The molecule has 1 aromatic heterocycles. The summed E-state index contributed by atoms with van der Waals surface area (Å²) >= 11 is 11.3. The van der Waals surface area contributed by atoms with E-state index in [0.717, 1.165) is 50.8 Å². The quantitative estimate of drug-likeness (QED) is 0.190. The number of aryl methyl sites for hydroxylation is 1. The number of halogens is 2. The highest BCUT2D eigenvalue weighted by atomic mass is 79.9. The molecule has 7 rings (SSSR count). The SMILES string of the molecule is COc1cc(/C=c2/sc3n(c2=O)[C@@H](c2ccc(Cl)cc2)C2=C(N=3)c3ccccc3CC2)cc(Br)c1OCc1ccccc1. The normalized spacial score (nSPS) is 15.8. The summed E-state index contributed by atoms with van der Waals surface area (Å²) in [5.74, 6) is 1.19. The smallest absolute Gasteiger partial charge is 0.271 e. The van der Waals surface area contributed by atoms with Gasteiger partial charge in [0.1, 0.15) is 6.61 Å². The Hall–Kier alpha value is -3.91. The average Bonchev–Trinajstić information content (AvgIpc) is 3.34. The third-order valence-corrected chi connectivity index (χ3v) is 9.66. The maximum atomic E-state index is 14.1. The molecule has 0 radical (unpaired) electrons. The molecule has 0 amide bonds.